The molecule has 1 N–H and O–H groups in total. The number of thiazole rings is 1. The Labute approximate surface area is 204 Å². The number of likely N-dealkylation sites (N-methyl/N-ethyl adjacent to an activating group) is 1. The summed E-state index contributed by atoms with van der Waals surface area (Å²) in [6.07, 6.45) is 3.70. The maximum Gasteiger partial charge on any atom is 0.188 e. The maximum atomic E-state index is 14.8. The van der Waals surface area contributed by atoms with Crippen LogP contribution >= 0.6 is 11.3 Å². The largest absolute Gasteiger partial charge is 0.486 e. The first-order valence-corrected chi connectivity index (χ1v) is 12.6. The molecule has 0 atom stereocenters. The van der Waals surface area contributed by atoms with Crippen molar-refractivity contribution in [3.05, 3.63) is 48.0 Å². The van der Waals surface area contributed by atoms with Gasteiger partial charge in [0, 0.05) is 51.2 Å². The summed E-state index contributed by atoms with van der Waals surface area (Å²) in [5.74, 6) is 0.754. The highest BCUT2D eigenvalue weighted by molar-refractivity contribution is 7.18. The number of nitrogens with one attached hydrogen (secondary N) is 1. The number of nitrogens with zero attached hydrogens (tertiary/aromatic N) is 5. The molecule has 3 aromatic rings. The van der Waals surface area contributed by atoms with Crippen molar-refractivity contribution in [3.63, 3.8) is 0 Å². The fourth-order valence-corrected chi connectivity index (χ4v) is 5.22. The SMILES string of the molecule is CC(C)N1CCOc2c(F)cc(-c3cnc(Nc4ccc(CN5CCN(C)CC5)cn4)s3)cc21. The number of fused-ring (bicyclic) bond motifs is 1. The second-order valence-electron chi connectivity index (χ2n) is 9.23. The lowest BCUT2D eigenvalue weighted by atomic mass is 10.1. The highest BCUT2D eigenvalue weighted by atomic mass is 32.1. The molecule has 1 saturated heterocycles. The predicted octanol–water partition coefficient (Wildman–Crippen LogP) is 4.44. The summed E-state index contributed by atoms with van der Waals surface area (Å²) in [4.78, 5) is 17.0. The molecular formula is C25H31FN6OS. The van der Waals surface area contributed by atoms with Gasteiger partial charge in [0.15, 0.2) is 16.7 Å². The number of benzene rings is 1. The molecule has 180 valence electrons. The number of ether oxygens (including phenoxy) is 1. The van der Waals surface area contributed by atoms with Gasteiger partial charge in [-0.15, -0.1) is 0 Å². The first kappa shape index (κ1) is 23.0. The summed E-state index contributed by atoms with van der Waals surface area (Å²) in [7, 11) is 2.17. The summed E-state index contributed by atoms with van der Waals surface area (Å²) >= 11 is 1.48. The Morgan fingerprint density at radius 3 is 2.65 bits per heavy atom. The molecule has 0 saturated carbocycles. The highest BCUT2D eigenvalue weighted by Gasteiger charge is 2.25. The van der Waals surface area contributed by atoms with Gasteiger partial charge in [-0.2, -0.15) is 0 Å². The van der Waals surface area contributed by atoms with Crippen molar-refractivity contribution >= 4 is 28.0 Å². The minimum absolute atomic E-state index is 0.265. The van der Waals surface area contributed by atoms with E-state index in [1.54, 1.807) is 6.20 Å². The molecule has 1 fully saturated rings. The Morgan fingerprint density at radius 1 is 1.09 bits per heavy atom. The van der Waals surface area contributed by atoms with E-state index < -0.39 is 0 Å². The summed E-state index contributed by atoms with van der Waals surface area (Å²) < 4.78 is 20.5. The average Bonchev–Trinajstić information content (AvgIpc) is 3.30. The van der Waals surface area contributed by atoms with Crippen LogP contribution in [0.3, 0.4) is 0 Å². The Bertz CT molecular complexity index is 1130. The zero-order valence-electron chi connectivity index (χ0n) is 19.9. The summed E-state index contributed by atoms with van der Waals surface area (Å²) in [6.45, 7) is 10.8. The minimum atomic E-state index is -0.335. The van der Waals surface area contributed by atoms with E-state index in [0.29, 0.717) is 12.4 Å². The Kier molecular flexibility index (Phi) is 6.67. The standard InChI is InChI=1S/C25H31FN6OS/c1-17(2)32-10-11-33-24-20(26)12-19(13-21(24)32)22-15-28-25(34-22)29-23-5-4-18(14-27-23)16-31-8-6-30(3)7-9-31/h4-5,12-15,17H,6-11,16H2,1-3H3,(H,27,28,29). The fourth-order valence-electron chi connectivity index (χ4n) is 4.41. The first-order valence-electron chi connectivity index (χ1n) is 11.8. The van der Waals surface area contributed by atoms with E-state index in [1.807, 2.05) is 18.3 Å². The third-order valence-electron chi connectivity index (χ3n) is 6.39. The predicted molar refractivity (Wildman–Crippen MR) is 136 cm³/mol. The van der Waals surface area contributed by atoms with Crippen LogP contribution in [0.2, 0.25) is 0 Å². The van der Waals surface area contributed by atoms with Crippen molar-refractivity contribution < 1.29 is 9.13 Å². The van der Waals surface area contributed by atoms with Gasteiger partial charge in [-0.25, -0.2) is 14.4 Å². The van der Waals surface area contributed by atoms with Gasteiger partial charge in [0.2, 0.25) is 0 Å². The quantitative estimate of drug-likeness (QED) is 0.557. The number of hydrogen-bond donors (Lipinski definition) is 1. The van der Waals surface area contributed by atoms with Gasteiger partial charge in [-0.3, -0.25) is 4.90 Å². The molecule has 0 aliphatic carbocycles. The number of piperazine rings is 1. The molecule has 0 radical (unpaired) electrons. The number of anilines is 3. The van der Waals surface area contributed by atoms with Gasteiger partial charge in [0.05, 0.1) is 17.1 Å². The second-order valence-corrected chi connectivity index (χ2v) is 10.3. The summed E-state index contributed by atoms with van der Waals surface area (Å²) in [5, 5.41) is 4.01. The molecule has 2 aliphatic rings. The van der Waals surface area contributed by atoms with Crippen LogP contribution in [0.4, 0.5) is 21.0 Å². The number of rotatable bonds is 6. The fraction of sp³-hybridized carbons (Fsp3) is 0.440. The van der Waals surface area contributed by atoms with E-state index in [1.165, 1.54) is 23.0 Å². The van der Waals surface area contributed by atoms with Gasteiger partial charge in [-0.1, -0.05) is 17.4 Å². The van der Waals surface area contributed by atoms with Gasteiger partial charge in [0.25, 0.3) is 0 Å². The van der Waals surface area contributed by atoms with Gasteiger partial charge >= 0.3 is 0 Å². The number of aromatic nitrogens is 2. The van der Waals surface area contributed by atoms with Crippen molar-refractivity contribution in [1.29, 1.82) is 0 Å². The molecule has 9 heteroatoms. The molecule has 4 heterocycles. The first-order chi connectivity index (χ1) is 16.5. The third kappa shape index (κ3) is 5.01. The molecule has 2 aromatic heterocycles. The van der Waals surface area contributed by atoms with Crippen LogP contribution in [0.1, 0.15) is 19.4 Å². The van der Waals surface area contributed by atoms with Crippen LogP contribution in [0, 0.1) is 5.82 Å². The van der Waals surface area contributed by atoms with E-state index in [9.17, 15) is 4.39 Å². The van der Waals surface area contributed by atoms with Crippen LogP contribution in [0.15, 0.2) is 36.7 Å². The van der Waals surface area contributed by atoms with Gasteiger partial charge < -0.3 is 19.9 Å². The van der Waals surface area contributed by atoms with Crippen molar-refractivity contribution in [2.45, 2.75) is 26.4 Å². The van der Waals surface area contributed by atoms with Crippen LogP contribution in [0.5, 0.6) is 5.75 Å². The Morgan fingerprint density at radius 2 is 1.91 bits per heavy atom. The van der Waals surface area contributed by atoms with E-state index >= 15 is 0 Å². The molecule has 2 aliphatic heterocycles. The van der Waals surface area contributed by atoms with Crippen LogP contribution in [-0.4, -0.2) is 72.2 Å². The molecule has 5 rings (SSSR count). The molecule has 34 heavy (non-hydrogen) atoms. The van der Waals surface area contributed by atoms with Crippen molar-refractivity contribution in [3.8, 4) is 16.2 Å². The number of hydrogen-bond acceptors (Lipinski definition) is 8. The molecule has 0 spiro atoms. The zero-order valence-corrected chi connectivity index (χ0v) is 20.7. The highest BCUT2D eigenvalue weighted by Crippen LogP contribution is 2.41. The monoisotopic (exact) mass is 482 g/mol. The Hall–Kier alpha value is -2.75. The topological polar surface area (TPSA) is 56.8 Å². The summed E-state index contributed by atoms with van der Waals surface area (Å²) in [6, 6.07) is 7.90. The molecule has 0 unspecified atom stereocenters. The van der Waals surface area contributed by atoms with Gasteiger partial charge in [-0.05, 0) is 50.2 Å². The average molecular weight is 483 g/mol. The van der Waals surface area contributed by atoms with E-state index in [2.05, 4.69) is 56.9 Å². The smallest absolute Gasteiger partial charge is 0.188 e. The molecule has 1 aromatic carbocycles. The van der Waals surface area contributed by atoms with E-state index in [-0.39, 0.29) is 11.9 Å². The molecule has 7 nitrogen and oxygen atoms in total. The lowest BCUT2D eigenvalue weighted by Crippen LogP contribution is -2.43. The van der Waals surface area contributed by atoms with Crippen LogP contribution in [-0.2, 0) is 6.54 Å². The van der Waals surface area contributed by atoms with Gasteiger partial charge in [0.1, 0.15) is 12.4 Å². The van der Waals surface area contributed by atoms with E-state index in [0.717, 1.165) is 66.3 Å². The lowest BCUT2D eigenvalue weighted by Gasteiger charge is -2.34. The second kappa shape index (κ2) is 9.85. The maximum absolute atomic E-state index is 14.8. The minimum Gasteiger partial charge on any atom is -0.486 e. The van der Waals surface area contributed by atoms with Crippen molar-refractivity contribution in [1.82, 2.24) is 19.8 Å². The normalized spacial score (nSPS) is 17.0. The third-order valence-corrected chi connectivity index (χ3v) is 7.35. The molecule has 0 bridgehead atoms. The van der Waals surface area contributed by atoms with E-state index in [4.69, 9.17) is 4.74 Å². The summed E-state index contributed by atoms with van der Waals surface area (Å²) in [5.41, 5.74) is 2.81. The van der Waals surface area contributed by atoms with Crippen LogP contribution in [0.25, 0.3) is 10.4 Å². The number of pyridine rings is 1. The lowest BCUT2D eigenvalue weighted by molar-refractivity contribution is 0.148. The van der Waals surface area contributed by atoms with Crippen molar-refractivity contribution in [2.75, 3.05) is 56.6 Å². The molecule has 0 amide bonds. The molecular weight excluding hydrogens is 451 g/mol. The van der Waals surface area contributed by atoms with Crippen molar-refractivity contribution in [2.24, 2.45) is 0 Å². The van der Waals surface area contributed by atoms with Crippen LogP contribution < -0.4 is 15.0 Å². The number of halogens is 1. The zero-order chi connectivity index (χ0) is 23.7. The Balaban J connectivity index is 1.27.